The molecule has 0 aliphatic rings. The Kier molecular flexibility index (Phi) is 38.2. The van der Waals surface area contributed by atoms with Crippen LogP contribution in [0.4, 0.5) is 0 Å². The Bertz CT molecular complexity index is 575. The highest BCUT2D eigenvalue weighted by Crippen LogP contribution is 2.44. The molecule has 0 rings (SSSR count). The van der Waals surface area contributed by atoms with E-state index in [9.17, 15) is 0 Å². The zero-order valence-corrected chi connectivity index (χ0v) is 35.2. The second kappa shape index (κ2) is 38.2. The Morgan fingerprint density at radius 1 is 0.271 bits per heavy atom. The van der Waals surface area contributed by atoms with Gasteiger partial charge in [-0.3, -0.25) is 0 Å². The third kappa shape index (κ3) is 31.9. The molecule has 0 aromatic heterocycles. The van der Waals surface area contributed by atoms with Crippen LogP contribution in [0.3, 0.4) is 0 Å². The summed E-state index contributed by atoms with van der Waals surface area (Å²) in [4.78, 5) is 0. The lowest BCUT2D eigenvalue weighted by atomic mass is 9.64. The van der Waals surface area contributed by atoms with Crippen molar-refractivity contribution in [3.63, 3.8) is 0 Å². The van der Waals surface area contributed by atoms with E-state index in [-0.39, 0.29) is 0 Å². The van der Waals surface area contributed by atoms with E-state index in [0.717, 1.165) is 11.8 Å². The molecule has 0 aromatic rings. The van der Waals surface area contributed by atoms with Crippen LogP contribution in [0.25, 0.3) is 0 Å². The maximum atomic E-state index is 2.70. The van der Waals surface area contributed by atoms with Gasteiger partial charge in [-0.15, -0.1) is 0 Å². The first-order valence-corrected chi connectivity index (χ1v) is 23.5. The van der Waals surface area contributed by atoms with E-state index in [4.69, 9.17) is 0 Å². The van der Waals surface area contributed by atoms with Gasteiger partial charge in [0.2, 0.25) is 0 Å². The van der Waals surface area contributed by atoms with Crippen molar-refractivity contribution in [3.8, 4) is 0 Å². The number of hydrogen-bond acceptors (Lipinski definition) is 0. The summed E-state index contributed by atoms with van der Waals surface area (Å²) in [6.07, 6.45) is 57.2. The Labute approximate surface area is 308 Å². The molecule has 0 radical (unpaired) electrons. The van der Waals surface area contributed by atoms with Crippen LogP contribution in [0.2, 0.25) is 0 Å². The first-order chi connectivity index (χ1) is 23.5. The minimum atomic E-state index is 0.508. The van der Waals surface area contributed by atoms with Crippen molar-refractivity contribution in [2.24, 2.45) is 17.3 Å². The lowest BCUT2D eigenvalue weighted by Gasteiger charge is -2.41. The number of unbranched alkanes of at least 4 members (excludes halogenated alkanes) is 31. The molecule has 0 bridgehead atoms. The zero-order chi connectivity index (χ0) is 35.2. The lowest BCUT2D eigenvalue weighted by Crippen LogP contribution is -2.31. The summed E-state index contributed by atoms with van der Waals surface area (Å²) < 4.78 is 0. The minimum Gasteiger partial charge on any atom is -0.0654 e. The van der Waals surface area contributed by atoms with Crippen molar-refractivity contribution >= 4 is 0 Å². The summed E-state index contributed by atoms with van der Waals surface area (Å²) in [6.45, 7) is 14.8. The van der Waals surface area contributed by atoms with Gasteiger partial charge in [0.15, 0.2) is 0 Å². The predicted molar refractivity (Wildman–Crippen MR) is 224 cm³/mol. The lowest BCUT2D eigenvalue weighted by molar-refractivity contribution is 0.0944. The van der Waals surface area contributed by atoms with Gasteiger partial charge < -0.3 is 0 Å². The first-order valence-electron chi connectivity index (χ1n) is 23.5. The molecule has 0 saturated heterocycles. The Morgan fingerprint density at radius 2 is 0.500 bits per heavy atom. The van der Waals surface area contributed by atoms with E-state index in [0.29, 0.717) is 5.41 Å². The Balaban J connectivity index is 4.83. The molecule has 0 fully saturated rings. The molecule has 0 aliphatic carbocycles. The van der Waals surface area contributed by atoms with Crippen LogP contribution >= 0.6 is 0 Å². The van der Waals surface area contributed by atoms with Gasteiger partial charge in [0.05, 0.1) is 0 Å². The fourth-order valence-electron chi connectivity index (χ4n) is 8.82. The largest absolute Gasteiger partial charge is 0.0654 e. The molecule has 0 saturated carbocycles. The van der Waals surface area contributed by atoms with Crippen molar-refractivity contribution in [3.05, 3.63) is 0 Å². The Morgan fingerprint density at radius 3 is 0.812 bits per heavy atom. The summed E-state index contributed by atoms with van der Waals surface area (Å²) in [7, 11) is 0. The highest BCUT2D eigenvalue weighted by molar-refractivity contribution is 4.84. The van der Waals surface area contributed by atoms with E-state index in [2.05, 4.69) is 41.5 Å². The van der Waals surface area contributed by atoms with Gasteiger partial charge in [-0.25, -0.2) is 0 Å². The molecule has 290 valence electrons. The Hall–Kier alpha value is 0. The van der Waals surface area contributed by atoms with Gasteiger partial charge in [0.1, 0.15) is 0 Å². The normalized spacial score (nSPS) is 13.4. The molecule has 48 heavy (non-hydrogen) atoms. The monoisotopic (exact) mass is 675 g/mol. The maximum absolute atomic E-state index is 2.70. The average Bonchev–Trinajstić information content (AvgIpc) is 3.08. The molecule has 2 atom stereocenters. The molecule has 0 amide bonds. The number of hydrogen-bond donors (Lipinski definition) is 0. The molecule has 0 heterocycles. The second-order valence-corrected chi connectivity index (χ2v) is 17.4. The van der Waals surface area contributed by atoms with E-state index in [1.54, 1.807) is 0 Å². The summed E-state index contributed by atoms with van der Waals surface area (Å²) in [5, 5.41) is 0. The van der Waals surface area contributed by atoms with Crippen LogP contribution in [0.1, 0.15) is 292 Å². The van der Waals surface area contributed by atoms with Crippen LogP contribution in [0.5, 0.6) is 0 Å². The van der Waals surface area contributed by atoms with Crippen molar-refractivity contribution in [1.29, 1.82) is 0 Å². The van der Waals surface area contributed by atoms with E-state index in [1.807, 2.05) is 0 Å². The third-order valence-electron chi connectivity index (χ3n) is 12.2. The SMILES string of the molecule is CCCCCCCCCCCCCCCCC(CCCCCC)C(CCCCCCCCCCCC)C(C)(C)CCCCCCCCC. The molecule has 0 aromatic carbocycles. The van der Waals surface area contributed by atoms with Crippen LogP contribution in [0.15, 0.2) is 0 Å². The van der Waals surface area contributed by atoms with Gasteiger partial charge in [0, 0.05) is 0 Å². The quantitative estimate of drug-likeness (QED) is 0.0566. The number of rotatable bonds is 41. The van der Waals surface area contributed by atoms with Crippen molar-refractivity contribution in [1.82, 2.24) is 0 Å². The van der Waals surface area contributed by atoms with Crippen LogP contribution in [0, 0.1) is 17.3 Å². The smallest absolute Gasteiger partial charge is 0.0323 e. The van der Waals surface area contributed by atoms with E-state index >= 15 is 0 Å². The summed E-state index contributed by atoms with van der Waals surface area (Å²) >= 11 is 0. The van der Waals surface area contributed by atoms with Gasteiger partial charge in [0.25, 0.3) is 0 Å². The third-order valence-corrected chi connectivity index (χ3v) is 12.2. The molecule has 0 spiro atoms. The van der Waals surface area contributed by atoms with Crippen molar-refractivity contribution in [2.45, 2.75) is 292 Å². The minimum absolute atomic E-state index is 0.508. The van der Waals surface area contributed by atoms with Crippen LogP contribution in [-0.4, -0.2) is 0 Å². The fraction of sp³-hybridized carbons (Fsp3) is 1.00. The maximum Gasteiger partial charge on any atom is -0.0323 e. The van der Waals surface area contributed by atoms with E-state index in [1.165, 1.54) is 250 Å². The van der Waals surface area contributed by atoms with Gasteiger partial charge >= 0.3 is 0 Å². The predicted octanol–water partition coefficient (Wildman–Crippen LogP) is 18.5. The average molecular weight is 675 g/mol. The summed E-state index contributed by atoms with van der Waals surface area (Å²) in [5.41, 5.74) is 0.508. The highest BCUT2D eigenvalue weighted by atomic mass is 14.4. The van der Waals surface area contributed by atoms with Crippen molar-refractivity contribution in [2.75, 3.05) is 0 Å². The molecular weight excluding hydrogens is 577 g/mol. The molecule has 2 unspecified atom stereocenters. The molecular formula is C48H98. The van der Waals surface area contributed by atoms with Crippen LogP contribution in [-0.2, 0) is 0 Å². The van der Waals surface area contributed by atoms with Gasteiger partial charge in [-0.1, -0.05) is 279 Å². The second-order valence-electron chi connectivity index (χ2n) is 17.4. The van der Waals surface area contributed by atoms with Crippen molar-refractivity contribution < 1.29 is 0 Å². The fourth-order valence-corrected chi connectivity index (χ4v) is 8.82. The standard InChI is InChI=1S/C48H98/c1-7-11-15-19-22-24-26-27-28-29-30-32-35-39-43-46(42-38-18-14-10-4)47(44-40-36-33-31-25-23-20-16-12-8-2)48(5,6)45-41-37-34-21-17-13-9-3/h46-47H,7-45H2,1-6H3. The summed E-state index contributed by atoms with van der Waals surface area (Å²) in [6, 6.07) is 0. The van der Waals surface area contributed by atoms with Crippen LogP contribution < -0.4 is 0 Å². The topological polar surface area (TPSA) is 0 Å². The molecule has 0 nitrogen and oxygen atoms in total. The zero-order valence-electron chi connectivity index (χ0n) is 35.2. The first kappa shape index (κ1) is 48.0. The summed E-state index contributed by atoms with van der Waals surface area (Å²) in [5.74, 6) is 1.91. The molecule has 0 aliphatic heterocycles. The van der Waals surface area contributed by atoms with E-state index < -0.39 is 0 Å². The van der Waals surface area contributed by atoms with Gasteiger partial charge in [-0.05, 0) is 30.1 Å². The highest BCUT2D eigenvalue weighted by Gasteiger charge is 2.34. The molecule has 0 N–H and O–H groups in total. The molecule has 0 heteroatoms. The van der Waals surface area contributed by atoms with Gasteiger partial charge in [-0.2, -0.15) is 0 Å².